The molecule has 1 aromatic rings. The van der Waals surface area contributed by atoms with E-state index in [-0.39, 0.29) is 5.02 Å². The maximum Gasteiger partial charge on any atom is 0.143 e. The van der Waals surface area contributed by atoms with Crippen LogP contribution in [0.25, 0.3) is 0 Å². The Morgan fingerprint density at radius 1 is 1.41 bits per heavy atom. The Balaban J connectivity index is 2.06. The number of hydrogen-bond acceptors (Lipinski definition) is 3. The minimum atomic E-state index is -0.692. The summed E-state index contributed by atoms with van der Waals surface area (Å²) < 4.78 is 13.3. The number of halogens is 2. The molecule has 0 radical (unpaired) electrons. The number of rotatable bonds is 3. The van der Waals surface area contributed by atoms with Crippen LogP contribution in [0.2, 0.25) is 5.02 Å². The van der Waals surface area contributed by atoms with Gasteiger partial charge in [-0.25, -0.2) is 4.39 Å². The normalized spacial score (nSPS) is 18.3. The molecule has 1 aromatic carbocycles. The predicted molar refractivity (Wildman–Crippen MR) is 67.7 cm³/mol. The minimum Gasteiger partial charge on any atom is -0.397 e. The van der Waals surface area contributed by atoms with E-state index in [9.17, 15) is 9.50 Å². The molecule has 1 saturated carbocycles. The van der Waals surface area contributed by atoms with Gasteiger partial charge >= 0.3 is 0 Å². The molecule has 4 N–H and O–H groups in total. The summed E-state index contributed by atoms with van der Waals surface area (Å²) in [6.07, 6.45) is 3.61. The zero-order valence-corrected chi connectivity index (χ0v) is 10.2. The van der Waals surface area contributed by atoms with Gasteiger partial charge in [0.25, 0.3) is 0 Å². The number of aliphatic hydroxyl groups is 1. The summed E-state index contributed by atoms with van der Waals surface area (Å²) in [6.45, 7) is 0.387. The first-order chi connectivity index (χ1) is 8.00. The van der Waals surface area contributed by atoms with Gasteiger partial charge < -0.3 is 16.2 Å². The van der Waals surface area contributed by atoms with Crippen molar-refractivity contribution in [3.05, 3.63) is 23.0 Å². The molecule has 0 saturated heterocycles. The maximum absolute atomic E-state index is 13.3. The fraction of sp³-hybridized carbons (Fsp3) is 0.500. The fourth-order valence-electron chi connectivity index (χ4n) is 2.18. The topological polar surface area (TPSA) is 58.3 Å². The second-order valence-electron chi connectivity index (χ2n) is 4.64. The van der Waals surface area contributed by atoms with Crippen LogP contribution in [-0.4, -0.2) is 17.3 Å². The number of anilines is 2. The Labute approximate surface area is 105 Å². The molecule has 1 fully saturated rings. The van der Waals surface area contributed by atoms with Gasteiger partial charge in [-0.1, -0.05) is 24.4 Å². The zero-order valence-electron chi connectivity index (χ0n) is 9.47. The van der Waals surface area contributed by atoms with E-state index in [1.54, 1.807) is 0 Å². The molecule has 1 aliphatic carbocycles. The molecule has 0 aliphatic heterocycles. The van der Waals surface area contributed by atoms with Crippen LogP contribution in [0.5, 0.6) is 0 Å². The number of hydrogen-bond donors (Lipinski definition) is 3. The molecule has 94 valence electrons. The summed E-state index contributed by atoms with van der Waals surface area (Å²) in [4.78, 5) is 0. The molecule has 5 heteroatoms. The van der Waals surface area contributed by atoms with Gasteiger partial charge in [0.05, 0.1) is 22.0 Å². The SMILES string of the molecule is Nc1cc(Cl)c(F)cc1NCC1(O)CCCC1. The first-order valence-electron chi connectivity index (χ1n) is 5.71. The van der Waals surface area contributed by atoms with E-state index in [4.69, 9.17) is 17.3 Å². The lowest BCUT2D eigenvalue weighted by molar-refractivity contribution is 0.0615. The molecule has 0 bridgehead atoms. The molecule has 0 unspecified atom stereocenters. The molecule has 0 spiro atoms. The molecule has 2 rings (SSSR count). The van der Waals surface area contributed by atoms with Crippen molar-refractivity contribution in [1.29, 1.82) is 0 Å². The Morgan fingerprint density at radius 2 is 2.06 bits per heavy atom. The van der Waals surface area contributed by atoms with Crippen molar-refractivity contribution in [2.45, 2.75) is 31.3 Å². The largest absolute Gasteiger partial charge is 0.397 e. The van der Waals surface area contributed by atoms with Crippen LogP contribution in [-0.2, 0) is 0 Å². The number of benzene rings is 1. The summed E-state index contributed by atoms with van der Waals surface area (Å²) in [5, 5.41) is 13.1. The first-order valence-corrected chi connectivity index (χ1v) is 6.09. The van der Waals surface area contributed by atoms with Gasteiger partial charge in [-0.2, -0.15) is 0 Å². The van der Waals surface area contributed by atoms with Crippen molar-refractivity contribution in [3.8, 4) is 0 Å². The molecule has 0 amide bonds. The van der Waals surface area contributed by atoms with Crippen LogP contribution in [0.4, 0.5) is 15.8 Å². The first kappa shape index (κ1) is 12.5. The lowest BCUT2D eigenvalue weighted by atomic mass is 10.0. The predicted octanol–water partition coefficient (Wildman–Crippen LogP) is 2.78. The smallest absolute Gasteiger partial charge is 0.143 e. The summed E-state index contributed by atoms with van der Waals surface area (Å²) in [7, 11) is 0. The van der Waals surface area contributed by atoms with Gasteiger partial charge in [0.2, 0.25) is 0 Å². The van der Waals surface area contributed by atoms with E-state index in [2.05, 4.69) is 5.32 Å². The lowest BCUT2D eigenvalue weighted by Crippen LogP contribution is -2.33. The fourth-order valence-corrected chi connectivity index (χ4v) is 2.36. The standard InChI is InChI=1S/C12H16ClFN2O/c13-8-5-10(15)11(6-9(8)14)16-7-12(17)3-1-2-4-12/h5-6,16-17H,1-4,7,15H2. The second-order valence-corrected chi connectivity index (χ2v) is 5.05. The van der Waals surface area contributed by atoms with E-state index >= 15 is 0 Å². The van der Waals surface area contributed by atoms with Crippen molar-refractivity contribution in [1.82, 2.24) is 0 Å². The molecule has 0 aromatic heterocycles. The molecule has 1 aliphatic rings. The molecule has 0 heterocycles. The highest BCUT2D eigenvalue weighted by molar-refractivity contribution is 6.31. The van der Waals surface area contributed by atoms with Gasteiger partial charge in [0.1, 0.15) is 5.82 Å². The van der Waals surface area contributed by atoms with E-state index in [0.717, 1.165) is 25.7 Å². The van der Waals surface area contributed by atoms with Crippen LogP contribution < -0.4 is 11.1 Å². The average Bonchev–Trinajstić information content (AvgIpc) is 2.69. The number of nitrogens with one attached hydrogen (secondary N) is 1. The number of nitrogen functional groups attached to an aromatic ring is 1. The quantitative estimate of drug-likeness (QED) is 0.731. The highest BCUT2D eigenvalue weighted by Crippen LogP contribution is 2.31. The molecular weight excluding hydrogens is 243 g/mol. The Kier molecular flexibility index (Phi) is 3.45. The van der Waals surface area contributed by atoms with E-state index in [0.29, 0.717) is 17.9 Å². The van der Waals surface area contributed by atoms with Gasteiger partial charge in [0.15, 0.2) is 0 Å². The minimum absolute atomic E-state index is 0.00706. The third-order valence-electron chi connectivity index (χ3n) is 3.23. The molecule has 3 nitrogen and oxygen atoms in total. The van der Waals surface area contributed by atoms with Gasteiger partial charge in [0, 0.05) is 12.6 Å². The van der Waals surface area contributed by atoms with Crippen molar-refractivity contribution >= 4 is 23.0 Å². The van der Waals surface area contributed by atoms with Crippen molar-refractivity contribution < 1.29 is 9.50 Å². The van der Waals surface area contributed by atoms with Crippen LogP contribution in [0, 0.1) is 5.82 Å². The molecule has 17 heavy (non-hydrogen) atoms. The van der Waals surface area contributed by atoms with E-state index < -0.39 is 11.4 Å². The maximum atomic E-state index is 13.3. The highest BCUT2D eigenvalue weighted by atomic mass is 35.5. The molecule has 0 atom stereocenters. The van der Waals surface area contributed by atoms with E-state index in [1.165, 1.54) is 12.1 Å². The average molecular weight is 259 g/mol. The van der Waals surface area contributed by atoms with Crippen LogP contribution >= 0.6 is 11.6 Å². The monoisotopic (exact) mass is 258 g/mol. The second kappa shape index (κ2) is 4.70. The summed E-state index contributed by atoms with van der Waals surface area (Å²) in [6, 6.07) is 2.63. The van der Waals surface area contributed by atoms with Crippen molar-refractivity contribution in [3.63, 3.8) is 0 Å². The number of nitrogens with two attached hydrogens (primary N) is 1. The van der Waals surface area contributed by atoms with Gasteiger partial charge in [-0.05, 0) is 18.9 Å². The van der Waals surface area contributed by atoms with Crippen molar-refractivity contribution in [2.75, 3.05) is 17.6 Å². The summed E-state index contributed by atoms with van der Waals surface area (Å²) >= 11 is 5.61. The van der Waals surface area contributed by atoms with Crippen LogP contribution in [0.1, 0.15) is 25.7 Å². The molecular formula is C12H16ClFN2O. The Bertz CT molecular complexity index is 419. The lowest BCUT2D eigenvalue weighted by Gasteiger charge is -2.23. The zero-order chi connectivity index (χ0) is 12.5. The third kappa shape index (κ3) is 2.82. The third-order valence-corrected chi connectivity index (χ3v) is 3.52. The van der Waals surface area contributed by atoms with Gasteiger partial charge in [-0.3, -0.25) is 0 Å². The van der Waals surface area contributed by atoms with E-state index in [1.807, 2.05) is 0 Å². The van der Waals surface area contributed by atoms with Crippen LogP contribution in [0.3, 0.4) is 0 Å². The summed E-state index contributed by atoms with van der Waals surface area (Å²) in [5.41, 5.74) is 5.90. The van der Waals surface area contributed by atoms with Gasteiger partial charge in [-0.15, -0.1) is 0 Å². The Hall–Kier alpha value is -1.00. The summed E-state index contributed by atoms with van der Waals surface area (Å²) in [5.74, 6) is -0.512. The van der Waals surface area contributed by atoms with Crippen molar-refractivity contribution in [2.24, 2.45) is 0 Å². The Morgan fingerprint density at radius 3 is 2.71 bits per heavy atom. The van der Waals surface area contributed by atoms with Crippen LogP contribution in [0.15, 0.2) is 12.1 Å². The highest BCUT2D eigenvalue weighted by Gasteiger charge is 2.30.